The van der Waals surface area contributed by atoms with Crippen molar-refractivity contribution in [2.75, 3.05) is 13.6 Å². The van der Waals surface area contributed by atoms with E-state index in [0.29, 0.717) is 30.6 Å². The molecule has 0 aliphatic carbocycles. The Bertz CT molecular complexity index is 846. The van der Waals surface area contributed by atoms with Crippen LogP contribution in [0, 0.1) is 0 Å². The lowest BCUT2D eigenvalue weighted by Gasteiger charge is -2.16. The van der Waals surface area contributed by atoms with Gasteiger partial charge in [0, 0.05) is 40.7 Å². The number of carbonyl (C=O) groups is 1. The van der Waals surface area contributed by atoms with Crippen LogP contribution >= 0.6 is 0 Å². The second-order valence-corrected chi connectivity index (χ2v) is 6.09. The monoisotopic (exact) mass is 335 g/mol. The minimum absolute atomic E-state index is 0.105. The third-order valence-electron chi connectivity index (χ3n) is 4.28. The highest BCUT2D eigenvalue weighted by Crippen LogP contribution is 2.08. The number of amides is 1. The van der Waals surface area contributed by atoms with E-state index in [1.54, 1.807) is 22.8 Å². The largest absolute Gasteiger partial charge is 0.346 e. The number of unbranched alkanes of at least 4 members (excludes halogenated alkanes) is 1. The first-order chi connectivity index (χ1) is 11.4. The van der Waals surface area contributed by atoms with E-state index >= 15 is 0 Å². The van der Waals surface area contributed by atoms with Crippen LogP contribution in [0.25, 0.3) is 11.2 Å². The molecule has 0 aliphatic heterocycles. The van der Waals surface area contributed by atoms with Gasteiger partial charge in [0.2, 0.25) is 5.91 Å². The van der Waals surface area contributed by atoms with Crippen LogP contribution in [-0.4, -0.2) is 43.1 Å². The molecule has 0 atom stereocenters. The lowest BCUT2D eigenvalue weighted by molar-refractivity contribution is -0.130. The Balaban J connectivity index is 2.11. The zero-order valence-electron chi connectivity index (χ0n) is 14.8. The number of imidazole rings is 1. The Morgan fingerprint density at radius 3 is 2.58 bits per heavy atom. The molecule has 8 nitrogen and oxygen atoms in total. The number of fused-ring (bicyclic) bond motifs is 1. The lowest BCUT2D eigenvalue weighted by Crippen LogP contribution is -2.37. The molecule has 0 unspecified atom stereocenters. The van der Waals surface area contributed by atoms with E-state index in [1.165, 1.54) is 11.6 Å². The van der Waals surface area contributed by atoms with Crippen molar-refractivity contribution in [3.05, 3.63) is 27.2 Å². The first-order valence-electron chi connectivity index (χ1n) is 8.23. The quantitative estimate of drug-likeness (QED) is 0.736. The summed E-state index contributed by atoms with van der Waals surface area (Å²) in [5.41, 5.74) is 0.00310. The topological polar surface area (TPSA) is 82.1 Å². The van der Waals surface area contributed by atoms with Gasteiger partial charge in [0.05, 0.1) is 6.33 Å². The van der Waals surface area contributed by atoms with E-state index in [4.69, 9.17) is 0 Å². The van der Waals surface area contributed by atoms with Gasteiger partial charge in [-0.15, -0.1) is 0 Å². The third-order valence-corrected chi connectivity index (χ3v) is 4.28. The molecule has 1 amide bonds. The summed E-state index contributed by atoms with van der Waals surface area (Å²) in [6.45, 7) is 3.37. The summed E-state index contributed by atoms with van der Waals surface area (Å²) in [5.74, 6) is 0.105. The van der Waals surface area contributed by atoms with E-state index in [-0.39, 0.29) is 11.5 Å². The molecule has 2 rings (SSSR count). The Kier molecular flexibility index (Phi) is 5.58. The van der Waals surface area contributed by atoms with Crippen LogP contribution in [0.5, 0.6) is 0 Å². The van der Waals surface area contributed by atoms with Gasteiger partial charge in [0.15, 0.2) is 11.2 Å². The Morgan fingerprint density at radius 2 is 1.92 bits per heavy atom. The van der Waals surface area contributed by atoms with Crippen molar-refractivity contribution in [3.8, 4) is 0 Å². The van der Waals surface area contributed by atoms with Gasteiger partial charge in [0.25, 0.3) is 5.56 Å². The molecule has 2 aromatic heterocycles. The van der Waals surface area contributed by atoms with Crippen molar-refractivity contribution >= 4 is 17.1 Å². The van der Waals surface area contributed by atoms with Crippen LogP contribution in [0.3, 0.4) is 0 Å². The highest BCUT2D eigenvalue weighted by Gasteiger charge is 2.14. The molecular formula is C16H25N5O3. The average Bonchev–Trinajstić information content (AvgIpc) is 2.99. The lowest BCUT2D eigenvalue weighted by atomic mass is 10.2. The SMILES string of the molecule is CCCCN(C)C(=O)CCCn1cnc2c1c(=O)n(C)c(=O)n2C. The van der Waals surface area contributed by atoms with E-state index in [2.05, 4.69) is 11.9 Å². The van der Waals surface area contributed by atoms with Gasteiger partial charge in [0.1, 0.15) is 0 Å². The number of hydrogen-bond donors (Lipinski definition) is 0. The Labute approximate surface area is 140 Å². The van der Waals surface area contributed by atoms with Gasteiger partial charge in [-0.25, -0.2) is 9.78 Å². The van der Waals surface area contributed by atoms with Crippen LogP contribution in [0.15, 0.2) is 15.9 Å². The third kappa shape index (κ3) is 3.42. The molecule has 8 heteroatoms. The minimum atomic E-state index is -0.398. The van der Waals surface area contributed by atoms with Crippen LogP contribution in [0.1, 0.15) is 32.6 Å². The molecule has 0 bridgehead atoms. The molecule has 0 radical (unpaired) electrons. The molecule has 24 heavy (non-hydrogen) atoms. The average molecular weight is 335 g/mol. The van der Waals surface area contributed by atoms with Crippen molar-refractivity contribution in [2.24, 2.45) is 14.1 Å². The molecule has 0 spiro atoms. The van der Waals surface area contributed by atoms with Gasteiger partial charge in [-0.05, 0) is 12.8 Å². The smallest absolute Gasteiger partial charge is 0.332 e. The Hall–Kier alpha value is -2.38. The number of rotatable bonds is 7. The summed E-state index contributed by atoms with van der Waals surface area (Å²) < 4.78 is 4.15. The van der Waals surface area contributed by atoms with Crippen molar-refractivity contribution in [2.45, 2.75) is 39.2 Å². The van der Waals surface area contributed by atoms with Gasteiger partial charge >= 0.3 is 5.69 Å². The fourth-order valence-electron chi connectivity index (χ4n) is 2.68. The number of hydrogen-bond acceptors (Lipinski definition) is 4. The number of aromatic nitrogens is 4. The maximum Gasteiger partial charge on any atom is 0.332 e. The summed E-state index contributed by atoms with van der Waals surface area (Å²) >= 11 is 0. The molecule has 2 heterocycles. The van der Waals surface area contributed by atoms with Crippen LogP contribution < -0.4 is 11.2 Å². The molecule has 0 saturated heterocycles. The van der Waals surface area contributed by atoms with E-state index < -0.39 is 5.69 Å². The summed E-state index contributed by atoms with van der Waals surface area (Å²) in [5, 5.41) is 0. The Morgan fingerprint density at radius 1 is 1.21 bits per heavy atom. The first kappa shape index (κ1) is 18.0. The molecule has 0 aliphatic rings. The molecule has 0 fully saturated rings. The summed E-state index contributed by atoms with van der Waals surface area (Å²) in [7, 11) is 4.86. The van der Waals surface area contributed by atoms with Crippen molar-refractivity contribution in [1.29, 1.82) is 0 Å². The normalized spacial score (nSPS) is 11.2. The fourth-order valence-corrected chi connectivity index (χ4v) is 2.68. The standard InChI is InChI=1S/C16H25N5O3/c1-5-6-9-18(2)12(22)8-7-10-21-11-17-14-13(21)15(23)20(4)16(24)19(14)3/h11H,5-10H2,1-4H3. The van der Waals surface area contributed by atoms with Crippen LogP contribution in [0.2, 0.25) is 0 Å². The zero-order valence-corrected chi connectivity index (χ0v) is 14.8. The van der Waals surface area contributed by atoms with E-state index in [1.807, 2.05) is 7.05 Å². The molecule has 2 aromatic rings. The molecule has 0 aromatic carbocycles. The predicted molar refractivity (Wildman–Crippen MR) is 92.0 cm³/mol. The van der Waals surface area contributed by atoms with Gasteiger partial charge < -0.3 is 9.47 Å². The van der Waals surface area contributed by atoms with Crippen molar-refractivity contribution in [1.82, 2.24) is 23.6 Å². The molecular weight excluding hydrogens is 310 g/mol. The predicted octanol–water partition coefficient (Wildman–Crippen LogP) is 0.472. The van der Waals surface area contributed by atoms with E-state index in [9.17, 15) is 14.4 Å². The van der Waals surface area contributed by atoms with E-state index in [0.717, 1.165) is 24.0 Å². The highest BCUT2D eigenvalue weighted by atomic mass is 16.2. The van der Waals surface area contributed by atoms with Crippen LogP contribution in [-0.2, 0) is 25.4 Å². The van der Waals surface area contributed by atoms with Crippen LogP contribution in [0.4, 0.5) is 0 Å². The molecule has 0 N–H and O–H groups in total. The van der Waals surface area contributed by atoms with Crippen molar-refractivity contribution in [3.63, 3.8) is 0 Å². The fraction of sp³-hybridized carbons (Fsp3) is 0.625. The molecule has 132 valence electrons. The van der Waals surface area contributed by atoms with Gasteiger partial charge in [-0.1, -0.05) is 13.3 Å². The summed E-state index contributed by atoms with van der Waals surface area (Å²) in [4.78, 5) is 42.2. The second kappa shape index (κ2) is 7.46. The minimum Gasteiger partial charge on any atom is -0.346 e. The zero-order chi connectivity index (χ0) is 17.9. The summed E-state index contributed by atoms with van der Waals surface area (Å²) in [6.07, 6.45) is 4.65. The second-order valence-electron chi connectivity index (χ2n) is 6.09. The number of aryl methyl sites for hydroxylation is 2. The highest BCUT2D eigenvalue weighted by molar-refractivity contribution is 5.75. The van der Waals surface area contributed by atoms with Gasteiger partial charge in [-0.2, -0.15) is 0 Å². The molecule has 0 saturated carbocycles. The van der Waals surface area contributed by atoms with Gasteiger partial charge in [-0.3, -0.25) is 18.7 Å². The maximum absolute atomic E-state index is 12.3. The van der Waals surface area contributed by atoms with Crippen molar-refractivity contribution < 1.29 is 4.79 Å². The first-order valence-corrected chi connectivity index (χ1v) is 8.23. The number of carbonyl (C=O) groups excluding carboxylic acids is 1. The maximum atomic E-state index is 12.3. The summed E-state index contributed by atoms with van der Waals surface area (Å²) in [6, 6.07) is 0. The number of nitrogens with zero attached hydrogens (tertiary/aromatic N) is 5.